The number of hydrogen-bond acceptors (Lipinski definition) is 5. The largest absolute Gasteiger partial charge is 0.464 e. The molecule has 3 heterocycles. The normalized spacial score (nSPS) is 15.9. The highest BCUT2D eigenvalue weighted by Gasteiger charge is 2.35. The highest BCUT2D eigenvalue weighted by atomic mass is 19.1. The second-order valence-electron chi connectivity index (χ2n) is 7.44. The number of aromatic nitrogens is 1. The van der Waals surface area contributed by atoms with Crippen molar-refractivity contribution >= 4 is 44.6 Å². The van der Waals surface area contributed by atoms with Crippen molar-refractivity contribution in [2.45, 2.75) is 6.42 Å². The summed E-state index contributed by atoms with van der Waals surface area (Å²) in [4.78, 5) is 25.8. The molecule has 148 valence electrons. The molecule has 0 radical (unpaired) electrons. The molecule has 2 aliphatic rings. The van der Waals surface area contributed by atoms with E-state index in [1.807, 2.05) is 29.9 Å². The first kappa shape index (κ1) is 17.0. The lowest BCUT2D eigenvalue weighted by molar-refractivity contribution is -0.119. The standard InChI is InChI=1S/C23H14FNO5/c1-25-8-14(12-5-20-21(6-16(12)25)30-10-29-20)22-17(26)7-18(27)23(22)15-9-28-19-3-2-11(24)4-13(15)19/h2-6,8-9H,7,10H2,1H3. The van der Waals surface area contributed by atoms with Gasteiger partial charge in [0, 0.05) is 52.4 Å². The number of carbonyl (C=O) groups excluding carboxylic acids is 2. The van der Waals surface area contributed by atoms with E-state index in [0.29, 0.717) is 39.2 Å². The van der Waals surface area contributed by atoms with Crippen molar-refractivity contribution in [2.75, 3.05) is 6.79 Å². The molecule has 0 spiro atoms. The van der Waals surface area contributed by atoms with Gasteiger partial charge >= 0.3 is 0 Å². The summed E-state index contributed by atoms with van der Waals surface area (Å²) < 4.78 is 32.2. The van der Waals surface area contributed by atoms with Crippen molar-refractivity contribution in [3.63, 3.8) is 0 Å². The molecule has 0 unspecified atom stereocenters. The molecule has 0 N–H and O–H groups in total. The maximum absolute atomic E-state index is 13.9. The predicted octanol–water partition coefficient (Wildman–Crippen LogP) is 4.25. The number of halogens is 1. The smallest absolute Gasteiger partial charge is 0.231 e. The van der Waals surface area contributed by atoms with Crippen molar-refractivity contribution in [3.8, 4) is 11.5 Å². The van der Waals surface area contributed by atoms with Gasteiger partial charge in [0.25, 0.3) is 0 Å². The van der Waals surface area contributed by atoms with Crippen molar-refractivity contribution < 1.29 is 27.9 Å². The molecule has 4 aromatic rings. The van der Waals surface area contributed by atoms with Gasteiger partial charge in [-0.05, 0) is 24.3 Å². The zero-order chi connectivity index (χ0) is 20.6. The van der Waals surface area contributed by atoms with Gasteiger partial charge in [-0.25, -0.2) is 4.39 Å². The Balaban J connectivity index is 1.67. The van der Waals surface area contributed by atoms with Gasteiger partial charge in [-0.1, -0.05) is 0 Å². The number of ether oxygens (including phenoxy) is 2. The van der Waals surface area contributed by atoms with Crippen LogP contribution in [0.2, 0.25) is 0 Å². The van der Waals surface area contributed by atoms with E-state index in [0.717, 1.165) is 10.9 Å². The Kier molecular flexibility index (Phi) is 3.30. The van der Waals surface area contributed by atoms with Crippen molar-refractivity contribution in [2.24, 2.45) is 7.05 Å². The first-order valence-electron chi connectivity index (χ1n) is 9.38. The average molecular weight is 403 g/mol. The molecule has 1 aliphatic heterocycles. The number of rotatable bonds is 2. The van der Waals surface area contributed by atoms with Gasteiger partial charge in [-0.15, -0.1) is 0 Å². The minimum Gasteiger partial charge on any atom is -0.464 e. The zero-order valence-corrected chi connectivity index (χ0v) is 15.8. The Morgan fingerprint density at radius 1 is 0.933 bits per heavy atom. The maximum atomic E-state index is 13.9. The molecule has 2 aromatic carbocycles. The first-order valence-corrected chi connectivity index (χ1v) is 9.38. The molecule has 7 heteroatoms. The third-order valence-corrected chi connectivity index (χ3v) is 5.69. The monoisotopic (exact) mass is 403 g/mol. The van der Waals surface area contributed by atoms with Crippen LogP contribution in [-0.4, -0.2) is 22.9 Å². The van der Waals surface area contributed by atoms with Gasteiger partial charge in [-0.3, -0.25) is 9.59 Å². The topological polar surface area (TPSA) is 70.7 Å². The Hall–Kier alpha value is -3.87. The lowest BCUT2D eigenvalue weighted by Crippen LogP contribution is -1.96. The molecule has 30 heavy (non-hydrogen) atoms. The maximum Gasteiger partial charge on any atom is 0.231 e. The second-order valence-corrected chi connectivity index (χ2v) is 7.44. The Morgan fingerprint density at radius 3 is 2.47 bits per heavy atom. The van der Waals surface area contributed by atoms with Gasteiger partial charge in [0.05, 0.1) is 18.2 Å². The van der Waals surface area contributed by atoms with Gasteiger partial charge in [-0.2, -0.15) is 0 Å². The second kappa shape index (κ2) is 5.82. The van der Waals surface area contributed by atoms with E-state index >= 15 is 0 Å². The quantitative estimate of drug-likeness (QED) is 0.468. The summed E-state index contributed by atoms with van der Waals surface area (Å²) in [7, 11) is 1.86. The Morgan fingerprint density at radius 2 is 1.67 bits per heavy atom. The Bertz CT molecular complexity index is 1460. The zero-order valence-electron chi connectivity index (χ0n) is 15.8. The summed E-state index contributed by atoms with van der Waals surface area (Å²) >= 11 is 0. The number of hydrogen-bond donors (Lipinski definition) is 0. The van der Waals surface area contributed by atoms with E-state index in [1.165, 1.54) is 24.5 Å². The van der Waals surface area contributed by atoms with Crippen LogP contribution in [0.15, 0.2) is 47.2 Å². The number of carbonyl (C=O) groups is 2. The molecule has 0 saturated heterocycles. The van der Waals surface area contributed by atoms with Crippen LogP contribution >= 0.6 is 0 Å². The van der Waals surface area contributed by atoms with E-state index < -0.39 is 5.82 Å². The summed E-state index contributed by atoms with van der Waals surface area (Å²) in [6.45, 7) is 0.138. The molecule has 0 fully saturated rings. The fourth-order valence-electron chi connectivity index (χ4n) is 4.34. The average Bonchev–Trinajstić information content (AvgIpc) is 3.46. The summed E-state index contributed by atoms with van der Waals surface area (Å²) in [6.07, 6.45) is 3.00. The number of nitrogens with zero attached hydrogens (tertiary/aromatic N) is 1. The van der Waals surface area contributed by atoms with E-state index in [-0.39, 0.29) is 30.4 Å². The SMILES string of the molecule is Cn1cc(C2=C(c3coc4ccc(F)cc34)C(=O)CC2=O)c2cc3c(cc21)OCO3. The van der Waals surface area contributed by atoms with E-state index in [1.54, 1.807) is 0 Å². The fraction of sp³-hybridized carbons (Fsp3) is 0.130. The van der Waals surface area contributed by atoms with Gasteiger partial charge in [0.15, 0.2) is 23.1 Å². The minimum atomic E-state index is -0.443. The molecule has 6 rings (SSSR count). The molecule has 2 aromatic heterocycles. The number of aryl methyl sites for hydroxylation is 1. The van der Waals surface area contributed by atoms with Crippen LogP contribution in [0.3, 0.4) is 0 Å². The molecular weight excluding hydrogens is 389 g/mol. The lowest BCUT2D eigenvalue weighted by atomic mass is 9.95. The summed E-state index contributed by atoms with van der Waals surface area (Å²) in [6, 6.07) is 7.79. The molecule has 0 amide bonds. The predicted molar refractivity (Wildman–Crippen MR) is 107 cm³/mol. The number of allylic oxidation sites excluding steroid dienone is 2. The van der Waals surface area contributed by atoms with Crippen LogP contribution in [0.5, 0.6) is 11.5 Å². The minimum absolute atomic E-state index is 0.138. The van der Waals surface area contributed by atoms with Gasteiger partial charge < -0.3 is 18.5 Å². The third-order valence-electron chi connectivity index (χ3n) is 5.69. The van der Waals surface area contributed by atoms with Crippen molar-refractivity contribution in [3.05, 3.63) is 59.7 Å². The summed E-state index contributed by atoms with van der Waals surface area (Å²) in [5.74, 6) is 0.201. The summed E-state index contributed by atoms with van der Waals surface area (Å²) in [5, 5.41) is 1.24. The van der Waals surface area contributed by atoms with Crippen LogP contribution in [0.25, 0.3) is 33.0 Å². The van der Waals surface area contributed by atoms with Crippen LogP contribution in [0.1, 0.15) is 17.5 Å². The summed E-state index contributed by atoms with van der Waals surface area (Å²) in [5.41, 5.74) is 2.92. The number of ketones is 2. The lowest BCUT2D eigenvalue weighted by Gasteiger charge is -2.05. The van der Waals surface area contributed by atoms with Crippen LogP contribution in [0.4, 0.5) is 4.39 Å². The van der Waals surface area contributed by atoms with E-state index in [9.17, 15) is 14.0 Å². The van der Waals surface area contributed by atoms with E-state index in [4.69, 9.17) is 13.9 Å². The van der Waals surface area contributed by atoms with Crippen molar-refractivity contribution in [1.82, 2.24) is 4.57 Å². The molecule has 0 bridgehead atoms. The van der Waals surface area contributed by atoms with Crippen LogP contribution < -0.4 is 9.47 Å². The fourth-order valence-corrected chi connectivity index (χ4v) is 4.34. The number of benzene rings is 2. The highest BCUT2D eigenvalue weighted by molar-refractivity contribution is 6.52. The Labute approximate surface area is 169 Å². The van der Waals surface area contributed by atoms with E-state index in [2.05, 4.69) is 0 Å². The van der Waals surface area contributed by atoms with Crippen molar-refractivity contribution in [1.29, 1.82) is 0 Å². The molecule has 0 saturated carbocycles. The third kappa shape index (κ3) is 2.23. The first-order chi connectivity index (χ1) is 14.5. The molecule has 0 atom stereocenters. The molecular formula is C23H14FNO5. The van der Waals surface area contributed by atoms with Gasteiger partial charge in [0.1, 0.15) is 11.4 Å². The highest BCUT2D eigenvalue weighted by Crippen LogP contribution is 2.44. The number of furan rings is 1. The number of Topliss-reactive ketones (excluding diaryl/α,β-unsaturated/α-hetero) is 2. The molecule has 6 nitrogen and oxygen atoms in total. The van der Waals surface area contributed by atoms with Crippen LogP contribution in [-0.2, 0) is 16.6 Å². The number of fused-ring (bicyclic) bond motifs is 3. The van der Waals surface area contributed by atoms with Crippen LogP contribution in [0, 0.1) is 5.82 Å². The molecule has 1 aliphatic carbocycles. The van der Waals surface area contributed by atoms with Gasteiger partial charge in [0.2, 0.25) is 6.79 Å².